The lowest BCUT2D eigenvalue weighted by molar-refractivity contribution is 0.667. The van der Waals surface area contributed by atoms with Gasteiger partial charge in [-0.15, -0.1) is 0 Å². The van der Waals surface area contributed by atoms with Crippen molar-refractivity contribution in [3.63, 3.8) is 0 Å². The van der Waals surface area contributed by atoms with Crippen LogP contribution in [-0.2, 0) is 13.1 Å². The average molecular weight is 287 g/mol. The number of aromatic amines is 1. The second-order valence-corrected chi connectivity index (χ2v) is 5.04. The molecule has 5 heteroatoms. The predicted molar refractivity (Wildman–Crippen MR) is 80.6 cm³/mol. The van der Waals surface area contributed by atoms with Crippen LogP contribution in [0, 0.1) is 6.92 Å². The Morgan fingerprint density at radius 3 is 2.85 bits per heavy atom. The summed E-state index contributed by atoms with van der Waals surface area (Å²) in [6, 6.07) is 9.94. The first-order valence-corrected chi connectivity index (χ1v) is 6.86. The van der Waals surface area contributed by atoms with Crippen LogP contribution >= 0.6 is 11.6 Å². The smallest absolute Gasteiger partial charge is 0.125 e. The van der Waals surface area contributed by atoms with E-state index in [4.69, 9.17) is 11.6 Å². The molecule has 4 nitrogen and oxygen atoms in total. The molecular formula is C15H15ClN4. The highest BCUT2D eigenvalue weighted by molar-refractivity contribution is 6.36. The Labute approximate surface area is 122 Å². The molecule has 3 aromatic rings. The fourth-order valence-corrected chi connectivity index (χ4v) is 2.48. The molecule has 0 aliphatic carbocycles. The quantitative estimate of drug-likeness (QED) is 0.774. The minimum Gasteiger partial charge on any atom is -0.356 e. The van der Waals surface area contributed by atoms with Crippen molar-refractivity contribution in [3.05, 3.63) is 58.8 Å². The van der Waals surface area contributed by atoms with Crippen molar-refractivity contribution in [2.24, 2.45) is 0 Å². The molecule has 2 aromatic heterocycles. The second kappa shape index (κ2) is 5.61. The Bertz CT molecular complexity index is 736. The van der Waals surface area contributed by atoms with Gasteiger partial charge in [0, 0.05) is 35.9 Å². The zero-order valence-corrected chi connectivity index (χ0v) is 11.9. The Balaban J connectivity index is 1.69. The van der Waals surface area contributed by atoms with Crippen LogP contribution in [0.2, 0.25) is 5.02 Å². The van der Waals surface area contributed by atoms with E-state index in [1.54, 1.807) is 6.20 Å². The minimum absolute atomic E-state index is 0.677. The van der Waals surface area contributed by atoms with Gasteiger partial charge >= 0.3 is 0 Å². The van der Waals surface area contributed by atoms with E-state index in [-0.39, 0.29) is 0 Å². The largest absolute Gasteiger partial charge is 0.356 e. The average Bonchev–Trinajstić information content (AvgIpc) is 2.76. The normalized spacial score (nSPS) is 11.1. The molecular weight excluding hydrogens is 272 g/mol. The van der Waals surface area contributed by atoms with E-state index in [1.165, 1.54) is 0 Å². The Morgan fingerprint density at radius 1 is 1.20 bits per heavy atom. The van der Waals surface area contributed by atoms with Gasteiger partial charge in [0.25, 0.3) is 0 Å². The number of hydrogen-bond acceptors (Lipinski definition) is 3. The van der Waals surface area contributed by atoms with Crippen molar-refractivity contribution >= 4 is 22.5 Å². The van der Waals surface area contributed by atoms with Crippen molar-refractivity contribution in [1.29, 1.82) is 0 Å². The van der Waals surface area contributed by atoms with E-state index in [0.717, 1.165) is 33.1 Å². The molecule has 0 unspecified atom stereocenters. The van der Waals surface area contributed by atoms with E-state index in [1.807, 2.05) is 37.3 Å². The predicted octanol–water partition coefficient (Wildman–Crippen LogP) is 3.21. The standard InChI is InChI=1S/C15H15ClN4/c1-10-18-7-6-11(19-10)8-17-9-14-15(16)12-4-2-3-5-13(12)20-14/h2-7,17,20H,8-9H2,1H3. The molecule has 0 saturated carbocycles. The van der Waals surface area contributed by atoms with Gasteiger partial charge in [0.15, 0.2) is 0 Å². The third-order valence-electron chi connectivity index (χ3n) is 3.16. The molecule has 0 spiro atoms. The summed E-state index contributed by atoms with van der Waals surface area (Å²) < 4.78 is 0. The maximum absolute atomic E-state index is 6.37. The molecule has 0 radical (unpaired) electrons. The molecule has 20 heavy (non-hydrogen) atoms. The minimum atomic E-state index is 0.677. The number of aryl methyl sites for hydroxylation is 1. The van der Waals surface area contributed by atoms with Crippen LogP contribution in [0.3, 0.4) is 0 Å². The summed E-state index contributed by atoms with van der Waals surface area (Å²) in [5, 5.41) is 5.18. The van der Waals surface area contributed by atoms with Crippen molar-refractivity contribution in [3.8, 4) is 0 Å². The number of aromatic nitrogens is 3. The molecule has 0 saturated heterocycles. The molecule has 0 atom stereocenters. The first-order chi connectivity index (χ1) is 9.74. The highest BCUT2D eigenvalue weighted by atomic mass is 35.5. The summed E-state index contributed by atoms with van der Waals surface area (Å²) in [5.41, 5.74) is 3.04. The highest BCUT2D eigenvalue weighted by Crippen LogP contribution is 2.26. The number of fused-ring (bicyclic) bond motifs is 1. The first-order valence-electron chi connectivity index (χ1n) is 6.48. The molecule has 0 bridgehead atoms. The number of nitrogens with one attached hydrogen (secondary N) is 2. The van der Waals surface area contributed by atoms with Crippen LogP contribution < -0.4 is 5.32 Å². The van der Waals surface area contributed by atoms with E-state index in [9.17, 15) is 0 Å². The number of halogens is 1. The zero-order chi connectivity index (χ0) is 13.9. The number of nitrogens with zero attached hydrogens (tertiary/aromatic N) is 2. The Kier molecular flexibility index (Phi) is 3.67. The zero-order valence-electron chi connectivity index (χ0n) is 11.2. The maximum atomic E-state index is 6.37. The molecule has 2 N–H and O–H groups in total. The topological polar surface area (TPSA) is 53.6 Å². The van der Waals surface area contributed by atoms with Crippen molar-refractivity contribution < 1.29 is 0 Å². The van der Waals surface area contributed by atoms with Gasteiger partial charge in [0.1, 0.15) is 5.82 Å². The van der Waals surface area contributed by atoms with E-state index in [0.29, 0.717) is 13.1 Å². The molecule has 0 aliphatic rings. The third kappa shape index (κ3) is 2.66. The Hall–Kier alpha value is -1.91. The van der Waals surface area contributed by atoms with E-state index in [2.05, 4.69) is 20.3 Å². The summed E-state index contributed by atoms with van der Waals surface area (Å²) in [6.07, 6.45) is 1.77. The van der Waals surface area contributed by atoms with Crippen LogP contribution in [0.5, 0.6) is 0 Å². The van der Waals surface area contributed by atoms with Gasteiger partial charge in [-0.2, -0.15) is 0 Å². The molecule has 0 aliphatic heterocycles. The van der Waals surface area contributed by atoms with Crippen LogP contribution in [-0.4, -0.2) is 15.0 Å². The van der Waals surface area contributed by atoms with Crippen LogP contribution in [0.15, 0.2) is 36.5 Å². The molecule has 0 amide bonds. The summed E-state index contributed by atoms with van der Waals surface area (Å²) >= 11 is 6.37. The Morgan fingerprint density at radius 2 is 2.05 bits per heavy atom. The summed E-state index contributed by atoms with van der Waals surface area (Å²) in [5.74, 6) is 0.785. The summed E-state index contributed by atoms with van der Waals surface area (Å²) in [6.45, 7) is 3.25. The van der Waals surface area contributed by atoms with E-state index >= 15 is 0 Å². The van der Waals surface area contributed by atoms with Gasteiger partial charge in [-0.05, 0) is 19.1 Å². The number of benzene rings is 1. The number of para-hydroxylation sites is 1. The van der Waals surface area contributed by atoms with Crippen molar-refractivity contribution in [2.45, 2.75) is 20.0 Å². The monoisotopic (exact) mass is 286 g/mol. The summed E-state index contributed by atoms with van der Waals surface area (Å²) in [4.78, 5) is 11.8. The second-order valence-electron chi connectivity index (χ2n) is 4.66. The summed E-state index contributed by atoms with van der Waals surface area (Å²) in [7, 11) is 0. The van der Waals surface area contributed by atoms with Crippen LogP contribution in [0.1, 0.15) is 17.2 Å². The van der Waals surface area contributed by atoms with Crippen molar-refractivity contribution in [1.82, 2.24) is 20.3 Å². The lowest BCUT2D eigenvalue weighted by Gasteiger charge is -2.04. The van der Waals surface area contributed by atoms with Crippen LogP contribution in [0.25, 0.3) is 10.9 Å². The molecule has 0 fully saturated rings. The third-order valence-corrected chi connectivity index (χ3v) is 3.59. The maximum Gasteiger partial charge on any atom is 0.125 e. The fourth-order valence-electron chi connectivity index (χ4n) is 2.20. The van der Waals surface area contributed by atoms with Crippen LogP contribution in [0.4, 0.5) is 0 Å². The van der Waals surface area contributed by atoms with E-state index < -0.39 is 0 Å². The molecule has 1 aromatic carbocycles. The van der Waals surface area contributed by atoms with Gasteiger partial charge in [-0.1, -0.05) is 29.8 Å². The number of H-pyrrole nitrogens is 1. The number of rotatable bonds is 4. The fraction of sp³-hybridized carbons (Fsp3) is 0.200. The lowest BCUT2D eigenvalue weighted by Crippen LogP contribution is -2.14. The molecule has 2 heterocycles. The first kappa shape index (κ1) is 13.1. The lowest BCUT2D eigenvalue weighted by atomic mass is 10.2. The highest BCUT2D eigenvalue weighted by Gasteiger charge is 2.08. The van der Waals surface area contributed by atoms with Gasteiger partial charge in [-0.3, -0.25) is 0 Å². The van der Waals surface area contributed by atoms with Crippen molar-refractivity contribution in [2.75, 3.05) is 0 Å². The van der Waals surface area contributed by atoms with Gasteiger partial charge in [0.2, 0.25) is 0 Å². The SMILES string of the molecule is Cc1nccc(CNCc2[nH]c3ccccc3c2Cl)n1. The molecule has 102 valence electrons. The number of hydrogen-bond donors (Lipinski definition) is 2. The van der Waals surface area contributed by atoms with Gasteiger partial charge in [-0.25, -0.2) is 9.97 Å². The molecule has 3 rings (SSSR count). The van der Waals surface area contributed by atoms with Gasteiger partial charge < -0.3 is 10.3 Å². The van der Waals surface area contributed by atoms with Gasteiger partial charge in [0.05, 0.1) is 10.7 Å².